The Labute approximate surface area is 108 Å². The Hall–Kier alpha value is -1.80. The third-order valence-corrected chi connectivity index (χ3v) is 3.29. The van der Waals surface area contributed by atoms with Crippen molar-refractivity contribution in [2.24, 2.45) is 0 Å². The van der Waals surface area contributed by atoms with Crippen molar-refractivity contribution in [2.45, 2.75) is 26.4 Å². The number of hydrogen-bond donors (Lipinski definition) is 3. The second-order valence-corrected chi connectivity index (χ2v) is 4.81. The molecule has 0 fully saturated rings. The van der Waals surface area contributed by atoms with E-state index in [-0.39, 0.29) is 11.9 Å². The fourth-order valence-corrected chi connectivity index (χ4v) is 2.25. The highest BCUT2D eigenvalue weighted by molar-refractivity contribution is 7.10. The quantitative estimate of drug-likeness (QED) is 0.752. The van der Waals surface area contributed by atoms with E-state index in [1.165, 1.54) is 6.92 Å². The molecular weight excluding hydrogens is 252 g/mol. The molecule has 2 heterocycles. The van der Waals surface area contributed by atoms with E-state index in [2.05, 4.69) is 31.3 Å². The number of carbonyl (C=O) groups excluding carboxylic acids is 1. The number of anilines is 1. The zero-order valence-corrected chi connectivity index (χ0v) is 10.9. The standard InChI is InChI=1S/C10H14N6OS/c1-6(10-13-15-16-14-10)11-5-9-8(3-4-18-9)12-7(2)17/h3-4,6,11H,5H2,1-2H3,(H,12,17)(H,13,14,15,16). The molecule has 18 heavy (non-hydrogen) atoms. The summed E-state index contributed by atoms with van der Waals surface area (Å²) in [5.41, 5.74) is 0.848. The van der Waals surface area contributed by atoms with Gasteiger partial charge in [0.2, 0.25) is 5.91 Å². The molecule has 1 unspecified atom stereocenters. The number of tetrazole rings is 1. The van der Waals surface area contributed by atoms with Gasteiger partial charge in [-0.3, -0.25) is 4.79 Å². The van der Waals surface area contributed by atoms with Gasteiger partial charge in [-0.05, 0) is 18.4 Å². The van der Waals surface area contributed by atoms with Gasteiger partial charge >= 0.3 is 0 Å². The van der Waals surface area contributed by atoms with E-state index >= 15 is 0 Å². The molecule has 2 rings (SSSR count). The summed E-state index contributed by atoms with van der Waals surface area (Å²) in [7, 11) is 0. The fraction of sp³-hybridized carbons (Fsp3) is 0.400. The summed E-state index contributed by atoms with van der Waals surface area (Å²) in [5.74, 6) is 0.550. The van der Waals surface area contributed by atoms with Crippen LogP contribution in [0.25, 0.3) is 0 Å². The molecule has 0 saturated heterocycles. The second kappa shape index (κ2) is 5.69. The number of aromatic amines is 1. The van der Waals surface area contributed by atoms with Crippen molar-refractivity contribution in [1.82, 2.24) is 25.9 Å². The highest BCUT2D eigenvalue weighted by atomic mass is 32.1. The number of thiophene rings is 1. The predicted octanol–water partition coefficient (Wildman–Crippen LogP) is 1.07. The van der Waals surface area contributed by atoms with Crippen LogP contribution in [0.4, 0.5) is 5.69 Å². The summed E-state index contributed by atoms with van der Waals surface area (Å²) >= 11 is 1.59. The van der Waals surface area contributed by atoms with Gasteiger partial charge in [0.1, 0.15) is 0 Å². The second-order valence-electron chi connectivity index (χ2n) is 3.81. The molecule has 1 atom stereocenters. The average Bonchev–Trinajstić information content (AvgIpc) is 2.95. The molecule has 0 aliphatic carbocycles. The van der Waals surface area contributed by atoms with Gasteiger partial charge < -0.3 is 10.6 Å². The fourth-order valence-electron chi connectivity index (χ4n) is 1.47. The van der Waals surface area contributed by atoms with Gasteiger partial charge in [0.05, 0.1) is 11.7 Å². The maximum atomic E-state index is 11.0. The van der Waals surface area contributed by atoms with Crippen LogP contribution in [-0.4, -0.2) is 26.5 Å². The minimum absolute atomic E-state index is 0.00368. The van der Waals surface area contributed by atoms with Crippen molar-refractivity contribution in [3.8, 4) is 0 Å². The van der Waals surface area contributed by atoms with Crippen LogP contribution in [-0.2, 0) is 11.3 Å². The Bertz CT molecular complexity index is 508. The van der Waals surface area contributed by atoms with Crippen LogP contribution in [0.15, 0.2) is 11.4 Å². The van der Waals surface area contributed by atoms with Crippen molar-refractivity contribution in [1.29, 1.82) is 0 Å². The Kier molecular flexibility index (Phi) is 4.00. The van der Waals surface area contributed by atoms with E-state index < -0.39 is 0 Å². The van der Waals surface area contributed by atoms with Crippen LogP contribution in [0.1, 0.15) is 30.6 Å². The first-order valence-corrected chi connectivity index (χ1v) is 6.35. The molecular formula is C10H14N6OS. The number of aromatic nitrogens is 4. The first-order chi connectivity index (χ1) is 8.66. The molecule has 2 aromatic heterocycles. The molecule has 0 radical (unpaired) electrons. The van der Waals surface area contributed by atoms with E-state index in [1.54, 1.807) is 11.3 Å². The smallest absolute Gasteiger partial charge is 0.221 e. The normalized spacial score (nSPS) is 12.3. The van der Waals surface area contributed by atoms with Crippen LogP contribution in [0.2, 0.25) is 0 Å². The topological polar surface area (TPSA) is 95.6 Å². The Morgan fingerprint density at radius 2 is 2.44 bits per heavy atom. The number of nitrogens with one attached hydrogen (secondary N) is 3. The number of carbonyl (C=O) groups is 1. The largest absolute Gasteiger partial charge is 0.325 e. The van der Waals surface area contributed by atoms with Crippen LogP contribution in [0.3, 0.4) is 0 Å². The third kappa shape index (κ3) is 3.11. The minimum Gasteiger partial charge on any atom is -0.325 e. The lowest BCUT2D eigenvalue weighted by molar-refractivity contribution is -0.114. The number of H-pyrrole nitrogens is 1. The lowest BCUT2D eigenvalue weighted by atomic mass is 10.3. The molecule has 2 aromatic rings. The van der Waals surface area contributed by atoms with E-state index in [0.29, 0.717) is 12.4 Å². The van der Waals surface area contributed by atoms with E-state index in [9.17, 15) is 4.79 Å². The van der Waals surface area contributed by atoms with Crippen LogP contribution in [0.5, 0.6) is 0 Å². The van der Waals surface area contributed by atoms with E-state index in [0.717, 1.165) is 10.6 Å². The lowest BCUT2D eigenvalue weighted by Crippen LogP contribution is -2.19. The summed E-state index contributed by atoms with van der Waals surface area (Å²) < 4.78 is 0. The van der Waals surface area contributed by atoms with Crippen molar-refractivity contribution in [2.75, 3.05) is 5.32 Å². The monoisotopic (exact) mass is 266 g/mol. The van der Waals surface area contributed by atoms with Crippen molar-refractivity contribution < 1.29 is 4.79 Å². The molecule has 0 saturated carbocycles. The molecule has 0 bridgehead atoms. The van der Waals surface area contributed by atoms with Gasteiger partial charge in [-0.25, -0.2) is 0 Å². The Balaban J connectivity index is 1.94. The van der Waals surface area contributed by atoms with Gasteiger partial charge in [-0.2, -0.15) is 5.21 Å². The lowest BCUT2D eigenvalue weighted by Gasteiger charge is -2.10. The third-order valence-electron chi connectivity index (χ3n) is 2.37. The van der Waals surface area contributed by atoms with Crippen LogP contribution >= 0.6 is 11.3 Å². The number of nitrogens with zero attached hydrogens (tertiary/aromatic N) is 3. The Morgan fingerprint density at radius 3 is 3.11 bits per heavy atom. The summed E-state index contributed by atoms with van der Waals surface area (Å²) in [5, 5.41) is 21.8. The van der Waals surface area contributed by atoms with Gasteiger partial charge in [0.25, 0.3) is 0 Å². The molecule has 96 valence electrons. The summed E-state index contributed by atoms with van der Waals surface area (Å²) in [6.07, 6.45) is 0. The van der Waals surface area contributed by atoms with Gasteiger partial charge in [-0.15, -0.1) is 21.5 Å². The molecule has 3 N–H and O–H groups in total. The van der Waals surface area contributed by atoms with Gasteiger partial charge in [-0.1, -0.05) is 5.21 Å². The first kappa shape index (κ1) is 12.7. The number of amides is 1. The van der Waals surface area contributed by atoms with E-state index in [4.69, 9.17) is 0 Å². The zero-order valence-electron chi connectivity index (χ0n) is 10.1. The van der Waals surface area contributed by atoms with Gasteiger partial charge in [0, 0.05) is 18.3 Å². The maximum absolute atomic E-state index is 11.0. The maximum Gasteiger partial charge on any atom is 0.221 e. The SMILES string of the molecule is CC(=O)Nc1ccsc1CNC(C)c1nn[nH]n1. The van der Waals surface area contributed by atoms with Crippen molar-refractivity contribution in [3.05, 3.63) is 22.1 Å². The van der Waals surface area contributed by atoms with Crippen LogP contribution < -0.4 is 10.6 Å². The molecule has 0 aliphatic rings. The van der Waals surface area contributed by atoms with Crippen molar-refractivity contribution in [3.63, 3.8) is 0 Å². The number of hydrogen-bond acceptors (Lipinski definition) is 6. The molecule has 0 aliphatic heterocycles. The first-order valence-electron chi connectivity index (χ1n) is 5.47. The zero-order chi connectivity index (χ0) is 13.0. The van der Waals surface area contributed by atoms with Gasteiger partial charge in [0.15, 0.2) is 5.82 Å². The van der Waals surface area contributed by atoms with Crippen molar-refractivity contribution >= 4 is 22.9 Å². The molecule has 0 spiro atoms. The summed E-state index contributed by atoms with van der Waals surface area (Å²) in [4.78, 5) is 12.1. The van der Waals surface area contributed by atoms with E-state index in [1.807, 2.05) is 18.4 Å². The highest BCUT2D eigenvalue weighted by Gasteiger charge is 2.11. The number of rotatable bonds is 5. The summed E-state index contributed by atoms with van der Waals surface area (Å²) in [6.45, 7) is 4.09. The minimum atomic E-state index is -0.0686. The Morgan fingerprint density at radius 1 is 1.61 bits per heavy atom. The molecule has 7 nitrogen and oxygen atoms in total. The highest BCUT2D eigenvalue weighted by Crippen LogP contribution is 2.22. The molecule has 1 amide bonds. The van der Waals surface area contributed by atoms with Crippen LogP contribution in [0, 0.1) is 0 Å². The summed E-state index contributed by atoms with van der Waals surface area (Å²) in [6, 6.07) is 1.89. The molecule has 8 heteroatoms. The molecule has 0 aromatic carbocycles. The predicted molar refractivity (Wildman–Crippen MR) is 68.1 cm³/mol. The average molecular weight is 266 g/mol.